The van der Waals surface area contributed by atoms with Gasteiger partial charge < -0.3 is 0 Å². The first-order valence-corrected chi connectivity index (χ1v) is 7.96. The maximum atomic E-state index is 12.4. The van der Waals surface area contributed by atoms with E-state index in [1.54, 1.807) is 11.8 Å². The van der Waals surface area contributed by atoms with Gasteiger partial charge in [0.05, 0.1) is 0 Å². The lowest BCUT2D eigenvalue weighted by molar-refractivity contribution is 0.0868. The standard InChI is InChI=1S/C17H13N3OS/c21-15-11-14(12-7-3-1-4-8-12)22-17-18-16(19-20(15)17)13-9-5-2-6-10-13/h1-10,14H,11H2/t14-/m0/s1. The highest BCUT2D eigenvalue weighted by Crippen LogP contribution is 2.41. The van der Waals surface area contributed by atoms with Crippen molar-refractivity contribution < 1.29 is 4.79 Å². The summed E-state index contributed by atoms with van der Waals surface area (Å²) in [5.74, 6) is 0.599. The van der Waals surface area contributed by atoms with E-state index >= 15 is 0 Å². The number of fused-ring (bicyclic) bond motifs is 1. The van der Waals surface area contributed by atoms with Crippen molar-refractivity contribution in [2.45, 2.75) is 16.8 Å². The monoisotopic (exact) mass is 307 g/mol. The number of benzene rings is 2. The van der Waals surface area contributed by atoms with Crippen molar-refractivity contribution in [3.05, 3.63) is 66.2 Å². The summed E-state index contributed by atoms with van der Waals surface area (Å²) in [5, 5.41) is 5.14. The van der Waals surface area contributed by atoms with Gasteiger partial charge in [-0.3, -0.25) is 4.79 Å². The molecule has 0 N–H and O–H groups in total. The molecule has 0 fully saturated rings. The van der Waals surface area contributed by atoms with Gasteiger partial charge in [0, 0.05) is 17.2 Å². The summed E-state index contributed by atoms with van der Waals surface area (Å²) in [6, 6.07) is 19.8. The minimum atomic E-state index is -0.00251. The van der Waals surface area contributed by atoms with Crippen LogP contribution in [0.2, 0.25) is 0 Å². The van der Waals surface area contributed by atoms with E-state index in [1.807, 2.05) is 48.5 Å². The second kappa shape index (κ2) is 5.42. The van der Waals surface area contributed by atoms with E-state index in [-0.39, 0.29) is 11.2 Å². The van der Waals surface area contributed by atoms with Gasteiger partial charge in [0.15, 0.2) is 11.0 Å². The number of carbonyl (C=O) groups is 1. The van der Waals surface area contributed by atoms with Crippen molar-refractivity contribution in [2.24, 2.45) is 0 Å². The summed E-state index contributed by atoms with van der Waals surface area (Å²) < 4.78 is 1.44. The summed E-state index contributed by atoms with van der Waals surface area (Å²) in [5.41, 5.74) is 2.07. The lowest BCUT2D eigenvalue weighted by Crippen LogP contribution is -2.20. The van der Waals surface area contributed by atoms with Crippen LogP contribution >= 0.6 is 11.8 Å². The molecule has 1 aliphatic heterocycles. The lowest BCUT2D eigenvalue weighted by atomic mass is 10.1. The Kier molecular flexibility index (Phi) is 3.27. The lowest BCUT2D eigenvalue weighted by Gasteiger charge is -2.20. The zero-order valence-corrected chi connectivity index (χ0v) is 12.5. The normalized spacial score (nSPS) is 17.3. The molecule has 0 amide bonds. The molecule has 0 bridgehead atoms. The fraction of sp³-hybridized carbons (Fsp3) is 0.118. The third-order valence-corrected chi connectivity index (χ3v) is 4.82. The first kappa shape index (κ1) is 13.3. The van der Waals surface area contributed by atoms with Crippen LogP contribution < -0.4 is 0 Å². The van der Waals surface area contributed by atoms with Crippen LogP contribution in [0.25, 0.3) is 11.4 Å². The average molecular weight is 307 g/mol. The molecule has 3 aromatic rings. The average Bonchev–Trinajstić information content (AvgIpc) is 3.01. The Hall–Kier alpha value is -2.40. The zero-order chi connectivity index (χ0) is 14.9. The SMILES string of the molecule is O=C1C[C@@H](c2ccccc2)Sc2nc(-c3ccccc3)nn21. The summed E-state index contributed by atoms with van der Waals surface area (Å²) in [6.45, 7) is 0. The Morgan fingerprint density at radius 1 is 1.00 bits per heavy atom. The van der Waals surface area contributed by atoms with Crippen molar-refractivity contribution in [3.8, 4) is 11.4 Å². The molecular weight excluding hydrogens is 294 g/mol. The Bertz CT molecular complexity index is 814. The molecule has 2 aromatic carbocycles. The van der Waals surface area contributed by atoms with Crippen LogP contribution in [0.15, 0.2) is 65.8 Å². The minimum absolute atomic E-state index is 0.00251. The second-order valence-electron chi connectivity index (χ2n) is 5.11. The molecule has 4 rings (SSSR count). The summed E-state index contributed by atoms with van der Waals surface area (Å²) in [4.78, 5) is 16.9. The maximum absolute atomic E-state index is 12.4. The molecule has 108 valence electrons. The smallest absolute Gasteiger partial charge is 0.250 e. The summed E-state index contributed by atoms with van der Waals surface area (Å²) >= 11 is 1.60. The Morgan fingerprint density at radius 3 is 2.41 bits per heavy atom. The topological polar surface area (TPSA) is 47.8 Å². The van der Waals surface area contributed by atoms with Crippen LogP contribution in [0, 0.1) is 0 Å². The van der Waals surface area contributed by atoms with Crippen LogP contribution in [0.3, 0.4) is 0 Å². The molecule has 1 aromatic heterocycles. The van der Waals surface area contributed by atoms with E-state index in [9.17, 15) is 4.79 Å². The molecule has 2 heterocycles. The van der Waals surface area contributed by atoms with Gasteiger partial charge in [-0.2, -0.15) is 4.68 Å². The van der Waals surface area contributed by atoms with Gasteiger partial charge in [-0.05, 0) is 5.56 Å². The van der Waals surface area contributed by atoms with E-state index in [4.69, 9.17) is 0 Å². The predicted molar refractivity (Wildman–Crippen MR) is 85.7 cm³/mol. The molecule has 0 unspecified atom stereocenters. The largest absolute Gasteiger partial charge is 0.272 e. The molecule has 1 atom stereocenters. The van der Waals surface area contributed by atoms with E-state index in [0.717, 1.165) is 11.1 Å². The van der Waals surface area contributed by atoms with Crippen LogP contribution in [-0.4, -0.2) is 20.7 Å². The van der Waals surface area contributed by atoms with Gasteiger partial charge in [-0.1, -0.05) is 72.4 Å². The number of aromatic nitrogens is 3. The van der Waals surface area contributed by atoms with E-state index in [2.05, 4.69) is 22.2 Å². The van der Waals surface area contributed by atoms with Crippen LogP contribution in [0.1, 0.15) is 22.0 Å². The van der Waals surface area contributed by atoms with Crippen LogP contribution in [0.5, 0.6) is 0 Å². The van der Waals surface area contributed by atoms with Gasteiger partial charge in [-0.15, -0.1) is 5.10 Å². The van der Waals surface area contributed by atoms with Gasteiger partial charge in [0.25, 0.3) is 5.91 Å². The van der Waals surface area contributed by atoms with Gasteiger partial charge in [-0.25, -0.2) is 4.98 Å². The quantitative estimate of drug-likeness (QED) is 0.722. The predicted octanol–water partition coefficient (Wildman–Crippen LogP) is 3.82. The van der Waals surface area contributed by atoms with Crippen molar-refractivity contribution in [2.75, 3.05) is 0 Å². The molecule has 0 saturated carbocycles. The highest BCUT2D eigenvalue weighted by atomic mass is 32.2. The highest BCUT2D eigenvalue weighted by molar-refractivity contribution is 7.99. The molecule has 4 nitrogen and oxygen atoms in total. The molecule has 0 aliphatic carbocycles. The summed E-state index contributed by atoms with van der Waals surface area (Å²) in [7, 11) is 0. The number of carbonyl (C=O) groups excluding carboxylic acids is 1. The number of hydrogen-bond acceptors (Lipinski definition) is 4. The maximum Gasteiger partial charge on any atom is 0.250 e. The molecule has 5 heteroatoms. The molecule has 22 heavy (non-hydrogen) atoms. The molecule has 0 spiro atoms. The molecule has 1 aliphatic rings. The fourth-order valence-electron chi connectivity index (χ4n) is 2.51. The molecule has 0 saturated heterocycles. The van der Waals surface area contributed by atoms with E-state index in [1.165, 1.54) is 4.68 Å². The molecule has 0 radical (unpaired) electrons. The van der Waals surface area contributed by atoms with Gasteiger partial charge >= 0.3 is 0 Å². The van der Waals surface area contributed by atoms with Crippen molar-refractivity contribution in [1.82, 2.24) is 14.8 Å². The fourth-order valence-corrected chi connectivity index (χ4v) is 3.67. The van der Waals surface area contributed by atoms with Gasteiger partial charge in [0.2, 0.25) is 0 Å². The first-order chi connectivity index (χ1) is 10.8. The third-order valence-electron chi connectivity index (χ3n) is 3.62. The Balaban J connectivity index is 1.70. The Labute approximate surface area is 132 Å². The van der Waals surface area contributed by atoms with Crippen molar-refractivity contribution in [1.29, 1.82) is 0 Å². The van der Waals surface area contributed by atoms with Crippen LogP contribution in [0.4, 0.5) is 0 Å². The van der Waals surface area contributed by atoms with Crippen LogP contribution in [-0.2, 0) is 0 Å². The zero-order valence-electron chi connectivity index (χ0n) is 11.7. The van der Waals surface area contributed by atoms with Gasteiger partial charge in [0.1, 0.15) is 0 Å². The Morgan fingerprint density at radius 2 is 1.68 bits per heavy atom. The summed E-state index contributed by atoms with van der Waals surface area (Å²) in [6.07, 6.45) is 0.444. The molecular formula is C17H13N3OS. The van der Waals surface area contributed by atoms with E-state index in [0.29, 0.717) is 17.4 Å². The third kappa shape index (κ3) is 2.33. The minimum Gasteiger partial charge on any atom is -0.272 e. The number of hydrogen-bond donors (Lipinski definition) is 0. The second-order valence-corrected chi connectivity index (χ2v) is 6.28. The van der Waals surface area contributed by atoms with E-state index < -0.39 is 0 Å². The van der Waals surface area contributed by atoms with Crippen molar-refractivity contribution in [3.63, 3.8) is 0 Å². The first-order valence-electron chi connectivity index (χ1n) is 7.08. The number of thioether (sulfide) groups is 1. The highest BCUT2D eigenvalue weighted by Gasteiger charge is 2.29. The number of rotatable bonds is 2. The number of nitrogens with zero attached hydrogens (tertiary/aromatic N) is 3. The van der Waals surface area contributed by atoms with Crippen molar-refractivity contribution >= 4 is 17.7 Å².